The van der Waals surface area contributed by atoms with E-state index in [0.717, 1.165) is 11.0 Å². The van der Waals surface area contributed by atoms with Crippen molar-refractivity contribution in [2.75, 3.05) is 32.7 Å². The van der Waals surface area contributed by atoms with Crippen molar-refractivity contribution in [2.45, 2.75) is 6.29 Å². The van der Waals surface area contributed by atoms with E-state index in [4.69, 9.17) is 14.6 Å². The molecular formula is C15H17FN2O5. The first-order valence-corrected chi connectivity index (χ1v) is 6.82. The number of nitrogens with zero attached hydrogens (tertiary/aromatic N) is 1. The number of methoxy groups -OCH3 is 2. The zero-order valence-electron chi connectivity index (χ0n) is 12.7. The van der Waals surface area contributed by atoms with Crippen molar-refractivity contribution in [3.8, 4) is 0 Å². The van der Waals surface area contributed by atoms with Gasteiger partial charge in [0, 0.05) is 31.5 Å². The van der Waals surface area contributed by atoms with Crippen molar-refractivity contribution in [1.29, 1.82) is 0 Å². The number of hydrogen-bond donors (Lipinski definition) is 2. The van der Waals surface area contributed by atoms with Gasteiger partial charge >= 0.3 is 0 Å². The molecular weight excluding hydrogens is 307 g/mol. The Morgan fingerprint density at radius 2 is 2.00 bits per heavy atom. The van der Waals surface area contributed by atoms with Crippen LogP contribution in [0.4, 0.5) is 10.1 Å². The molecule has 0 radical (unpaired) electrons. The molecule has 0 atom stereocenters. The summed E-state index contributed by atoms with van der Waals surface area (Å²) in [6, 6.07) is 3.85. The van der Waals surface area contributed by atoms with Crippen LogP contribution in [0.15, 0.2) is 30.0 Å². The van der Waals surface area contributed by atoms with Gasteiger partial charge in [-0.05, 0) is 18.2 Å². The van der Waals surface area contributed by atoms with Gasteiger partial charge in [0.15, 0.2) is 6.29 Å². The number of β-amino-alcohol motifs (C(OH)–C–C–N with tert-alkyl or cyclic N) is 1. The molecule has 1 aliphatic heterocycles. The lowest BCUT2D eigenvalue weighted by molar-refractivity contribution is -0.137. The molecule has 7 nitrogen and oxygen atoms in total. The fourth-order valence-electron chi connectivity index (χ4n) is 2.25. The molecule has 1 heterocycles. The van der Waals surface area contributed by atoms with E-state index in [1.165, 1.54) is 32.4 Å². The largest absolute Gasteiger partial charge is 0.395 e. The fourth-order valence-corrected chi connectivity index (χ4v) is 2.25. The predicted octanol–water partition coefficient (Wildman–Crippen LogP) is 0.774. The Hall–Kier alpha value is -2.29. The van der Waals surface area contributed by atoms with Crippen molar-refractivity contribution in [1.82, 2.24) is 4.90 Å². The van der Waals surface area contributed by atoms with Crippen LogP contribution in [0.25, 0.3) is 0 Å². The molecule has 0 saturated heterocycles. The third-order valence-electron chi connectivity index (χ3n) is 3.30. The average Bonchev–Trinajstić information content (AvgIpc) is 2.79. The molecule has 0 bridgehead atoms. The number of ether oxygens (including phenoxy) is 2. The Labute approximate surface area is 132 Å². The molecule has 2 rings (SSSR count). The van der Waals surface area contributed by atoms with Gasteiger partial charge in [0.2, 0.25) is 0 Å². The van der Waals surface area contributed by atoms with Gasteiger partial charge in [-0.15, -0.1) is 0 Å². The Morgan fingerprint density at radius 1 is 1.30 bits per heavy atom. The number of benzene rings is 1. The van der Waals surface area contributed by atoms with Crippen LogP contribution in [-0.2, 0) is 19.1 Å². The molecule has 1 aromatic rings. The summed E-state index contributed by atoms with van der Waals surface area (Å²) < 4.78 is 23.7. The van der Waals surface area contributed by atoms with Crippen LogP contribution in [0.5, 0.6) is 0 Å². The molecule has 0 aromatic heterocycles. The Balaban J connectivity index is 2.29. The summed E-state index contributed by atoms with van der Waals surface area (Å²) in [6.07, 6.45) is 0.286. The van der Waals surface area contributed by atoms with E-state index in [1.54, 1.807) is 0 Å². The van der Waals surface area contributed by atoms with Gasteiger partial charge in [-0.25, -0.2) is 4.39 Å². The monoisotopic (exact) mass is 324 g/mol. The van der Waals surface area contributed by atoms with E-state index in [2.05, 4.69) is 5.32 Å². The number of hydrogen-bond acceptors (Lipinski definition) is 6. The number of amides is 2. The van der Waals surface area contributed by atoms with Crippen LogP contribution in [0.2, 0.25) is 0 Å². The smallest absolute Gasteiger partial charge is 0.277 e. The van der Waals surface area contributed by atoms with Gasteiger partial charge in [0.25, 0.3) is 11.8 Å². The molecule has 1 aliphatic rings. The van der Waals surface area contributed by atoms with E-state index in [9.17, 15) is 14.0 Å². The number of imide groups is 1. The normalized spacial score (nSPS) is 14.7. The van der Waals surface area contributed by atoms with Crippen LogP contribution < -0.4 is 5.32 Å². The summed E-state index contributed by atoms with van der Waals surface area (Å²) in [5.41, 5.74) is 0.748. The van der Waals surface area contributed by atoms with Gasteiger partial charge in [-0.2, -0.15) is 0 Å². The third kappa shape index (κ3) is 3.55. The SMILES string of the molecule is COC(OC)c1cc(F)ccc1NC1=CC(=O)N(CCO)C1=O. The Bertz CT molecular complexity index is 643. The lowest BCUT2D eigenvalue weighted by atomic mass is 10.1. The first-order chi connectivity index (χ1) is 11.0. The number of anilines is 1. The quantitative estimate of drug-likeness (QED) is 0.569. The van der Waals surface area contributed by atoms with Crippen molar-refractivity contribution in [2.24, 2.45) is 0 Å². The molecule has 0 fully saturated rings. The summed E-state index contributed by atoms with van der Waals surface area (Å²) in [7, 11) is 2.80. The summed E-state index contributed by atoms with van der Waals surface area (Å²) in [4.78, 5) is 24.8. The zero-order chi connectivity index (χ0) is 17.0. The summed E-state index contributed by atoms with van der Waals surface area (Å²) in [6.45, 7) is -0.412. The molecule has 0 spiro atoms. The van der Waals surface area contributed by atoms with Gasteiger partial charge in [0.05, 0.1) is 13.2 Å². The zero-order valence-corrected chi connectivity index (χ0v) is 12.7. The molecule has 2 amide bonds. The van der Waals surface area contributed by atoms with Gasteiger partial charge < -0.3 is 19.9 Å². The second kappa shape index (κ2) is 7.32. The highest BCUT2D eigenvalue weighted by Crippen LogP contribution is 2.29. The lowest BCUT2D eigenvalue weighted by Crippen LogP contribution is -2.34. The minimum Gasteiger partial charge on any atom is -0.395 e. The maximum Gasteiger partial charge on any atom is 0.277 e. The number of nitrogens with one attached hydrogen (secondary N) is 1. The van der Waals surface area contributed by atoms with Crippen molar-refractivity contribution < 1.29 is 28.6 Å². The molecule has 0 aliphatic carbocycles. The molecule has 23 heavy (non-hydrogen) atoms. The topological polar surface area (TPSA) is 88.1 Å². The summed E-state index contributed by atoms with van der Waals surface area (Å²) >= 11 is 0. The van der Waals surface area contributed by atoms with Crippen molar-refractivity contribution >= 4 is 17.5 Å². The number of halogens is 1. The predicted molar refractivity (Wildman–Crippen MR) is 78.7 cm³/mol. The second-order valence-electron chi connectivity index (χ2n) is 4.74. The van der Waals surface area contributed by atoms with Gasteiger partial charge in [0.1, 0.15) is 11.5 Å². The van der Waals surface area contributed by atoms with Crippen LogP contribution >= 0.6 is 0 Å². The molecule has 0 unspecified atom stereocenters. The van der Waals surface area contributed by atoms with Gasteiger partial charge in [-0.1, -0.05) is 0 Å². The first-order valence-electron chi connectivity index (χ1n) is 6.82. The number of aliphatic hydroxyl groups is 1. The van der Waals surface area contributed by atoms with Crippen LogP contribution in [0.1, 0.15) is 11.9 Å². The fraction of sp³-hybridized carbons (Fsp3) is 0.333. The minimum absolute atomic E-state index is 0.0299. The molecule has 2 N–H and O–H groups in total. The Kier molecular flexibility index (Phi) is 5.43. The highest BCUT2D eigenvalue weighted by atomic mass is 19.1. The summed E-state index contributed by atoms with van der Waals surface area (Å²) in [5.74, 6) is -1.58. The first kappa shape index (κ1) is 17.1. The lowest BCUT2D eigenvalue weighted by Gasteiger charge is -2.19. The van der Waals surface area contributed by atoms with E-state index >= 15 is 0 Å². The molecule has 8 heteroatoms. The van der Waals surface area contributed by atoms with E-state index in [1.807, 2.05) is 0 Å². The average molecular weight is 324 g/mol. The minimum atomic E-state index is -0.838. The van der Waals surface area contributed by atoms with Crippen molar-refractivity contribution in [3.63, 3.8) is 0 Å². The maximum absolute atomic E-state index is 13.5. The van der Waals surface area contributed by atoms with Crippen LogP contribution in [-0.4, -0.2) is 49.2 Å². The highest BCUT2D eigenvalue weighted by Gasteiger charge is 2.31. The Morgan fingerprint density at radius 3 is 2.61 bits per heavy atom. The highest BCUT2D eigenvalue weighted by molar-refractivity contribution is 6.17. The van der Waals surface area contributed by atoms with Crippen LogP contribution in [0, 0.1) is 5.82 Å². The standard InChI is InChI=1S/C15H17FN2O5/c1-22-15(23-2)10-7-9(16)3-4-11(10)17-12-8-13(20)18(5-6-19)14(12)21/h3-4,7-8,15,17,19H,5-6H2,1-2H3. The van der Waals surface area contributed by atoms with E-state index < -0.39 is 23.9 Å². The third-order valence-corrected chi connectivity index (χ3v) is 3.30. The van der Waals surface area contributed by atoms with Gasteiger partial charge in [-0.3, -0.25) is 14.5 Å². The number of carbonyl (C=O) groups is 2. The van der Waals surface area contributed by atoms with E-state index in [-0.39, 0.29) is 18.8 Å². The maximum atomic E-state index is 13.5. The number of carbonyl (C=O) groups excluding carboxylic acids is 2. The molecule has 0 saturated carbocycles. The van der Waals surface area contributed by atoms with Crippen LogP contribution in [0.3, 0.4) is 0 Å². The summed E-state index contributed by atoms with van der Waals surface area (Å²) in [5, 5.41) is 11.7. The second-order valence-corrected chi connectivity index (χ2v) is 4.74. The number of rotatable bonds is 7. The number of aliphatic hydroxyl groups excluding tert-OH is 1. The molecule has 124 valence electrons. The molecule has 1 aromatic carbocycles. The van der Waals surface area contributed by atoms with E-state index in [0.29, 0.717) is 11.3 Å². The van der Waals surface area contributed by atoms with Crippen molar-refractivity contribution in [3.05, 3.63) is 41.4 Å².